The van der Waals surface area contributed by atoms with E-state index in [0.29, 0.717) is 6.04 Å². The van der Waals surface area contributed by atoms with Crippen molar-refractivity contribution in [3.63, 3.8) is 0 Å². The first-order chi connectivity index (χ1) is 4.25. The Morgan fingerprint density at radius 2 is 2.11 bits per heavy atom. The summed E-state index contributed by atoms with van der Waals surface area (Å²) >= 11 is 4.18. The van der Waals surface area contributed by atoms with Crippen LogP contribution in [0.15, 0.2) is 0 Å². The van der Waals surface area contributed by atoms with Gasteiger partial charge in [-0.15, -0.1) is 0 Å². The summed E-state index contributed by atoms with van der Waals surface area (Å²) in [6.07, 6.45) is 2.73. The lowest BCUT2D eigenvalue weighted by Crippen LogP contribution is -2.24. The normalized spacial score (nSPS) is 19.7. The highest BCUT2D eigenvalue weighted by molar-refractivity contribution is 8.67. The number of hydrogen-bond acceptors (Lipinski definition) is 3. The molecule has 0 heterocycles. The van der Waals surface area contributed by atoms with Gasteiger partial charge in [0.1, 0.15) is 0 Å². The highest BCUT2D eigenvalue weighted by atomic mass is 33.1. The molecule has 0 N–H and O–H groups in total. The Hall–Kier alpha value is 0.660. The molecule has 0 atom stereocenters. The first-order valence-corrected chi connectivity index (χ1v) is 5.18. The zero-order valence-electron chi connectivity index (χ0n) is 5.87. The van der Waals surface area contributed by atoms with Gasteiger partial charge in [-0.25, -0.2) is 4.31 Å². The van der Waals surface area contributed by atoms with E-state index in [2.05, 4.69) is 29.8 Å². The maximum atomic E-state index is 4.18. The highest BCUT2D eigenvalue weighted by Gasteiger charge is 2.30. The lowest BCUT2D eigenvalue weighted by Gasteiger charge is -2.21. The molecule has 1 rings (SSSR count). The van der Waals surface area contributed by atoms with Crippen molar-refractivity contribution in [2.75, 3.05) is 0 Å². The molecule has 1 aliphatic rings. The molecule has 0 aromatic heterocycles. The van der Waals surface area contributed by atoms with E-state index in [1.165, 1.54) is 12.8 Å². The fourth-order valence-corrected chi connectivity index (χ4v) is 2.41. The van der Waals surface area contributed by atoms with Crippen LogP contribution in [0.25, 0.3) is 0 Å². The van der Waals surface area contributed by atoms with E-state index in [1.54, 1.807) is 11.0 Å². The van der Waals surface area contributed by atoms with Crippen molar-refractivity contribution in [2.45, 2.75) is 38.8 Å². The molecule has 1 fully saturated rings. The molecule has 0 spiro atoms. The Labute approximate surface area is 66.1 Å². The summed E-state index contributed by atoms with van der Waals surface area (Å²) in [5, 5.41) is 0. The lowest BCUT2D eigenvalue weighted by atomic mass is 10.4. The Morgan fingerprint density at radius 1 is 1.56 bits per heavy atom. The maximum Gasteiger partial charge on any atom is 0.0214 e. The van der Waals surface area contributed by atoms with Gasteiger partial charge in [0.25, 0.3) is 0 Å². The second kappa shape index (κ2) is 3.17. The average Bonchev–Trinajstić information content (AvgIpc) is 2.50. The molecule has 0 bridgehead atoms. The SMILES string of the molecule is CC(C)N(SS)C1CC1. The quantitative estimate of drug-likeness (QED) is 0.386. The molecule has 0 radical (unpaired) electrons. The van der Waals surface area contributed by atoms with E-state index >= 15 is 0 Å². The first kappa shape index (κ1) is 7.76. The van der Waals surface area contributed by atoms with Crippen LogP contribution in [0.4, 0.5) is 0 Å². The molecule has 0 amide bonds. The summed E-state index contributed by atoms with van der Waals surface area (Å²) in [5.74, 6) is 0. The molecule has 0 unspecified atom stereocenters. The molecule has 1 saturated carbocycles. The van der Waals surface area contributed by atoms with E-state index in [-0.39, 0.29) is 0 Å². The van der Waals surface area contributed by atoms with Crippen molar-refractivity contribution in [2.24, 2.45) is 0 Å². The Balaban J connectivity index is 2.28. The van der Waals surface area contributed by atoms with Crippen LogP contribution in [-0.4, -0.2) is 16.4 Å². The van der Waals surface area contributed by atoms with Gasteiger partial charge in [0.2, 0.25) is 0 Å². The number of thiol groups is 1. The van der Waals surface area contributed by atoms with E-state index in [0.717, 1.165) is 6.04 Å². The van der Waals surface area contributed by atoms with Gasteiger partial charge in [0.05, 0.1) is 0 Å². The van der Waals surface area contributed by atoms with Gasteiger partial charge in [-0.1, -0.05) is 11.7 Å². The average molecular weight is 163 g/mol. The van der Waals surface area contributed by atoms with Crippen molar-refractivity contribution >= 4 is 22.6 Å². The molecule has 9 heavy (non-hydrogen) atoms. The molecular formula is C6H13NS2. The van der Waals surface area contributed by atoms with E-state index < -0.39 is 0 Å². The van der Waals surface area contributed by atoms with E-state index in [9.17, 15) is 0 Å². The molecule has 1 nitrogen and oxygen atoms in total. The third kappa shape index (κ3) is 2.06. The standard InChI is InChI=1S/C6H13NS2/c1-5(2)7(9-8)6-3-4-6/h5-6,8H,3-4H2,1-2H3. The molecule has 54 valence electrons. The summed E-state index contributed by atoms with van der Waals surface area (Å²) in [4.78, 5) is 0. The largest absolute Gasteiger partial charge is 0.236 e. The maximum absolute atomic E-state index is 4.18. The minimum atomic E-state index is 0.639. The van der Waals surface area contributed by atoms with Crippen LogP contribution in [0.2, 0.25) is 0 Å². The van der Waals surface area contributed by atoms with Crippen molar-refractivity contribution in [3.8, 4) is 0 Å². The van der Waals surface area contributed by atoms with Crippen molar-refractivity contribution in [3.05, 3.63) is 0 Å². The number of hydrogen-bond donors (Lipinski definition) is 1. The lowest BCUT2D eigenvalue weighted by molar-refractivity contribution is 0.392. The highest BCUT2D eigenvalue weighted by Crippen LogP contribution is 2.35. The third-order valence-corrected chi connectivity index (χ3v) is 2.98. The predicted molar refractivity (Wildman–Crippen MR) is 46.6 cm³/mol. The van der Waals surface area contributed by atoms with Crippen LogP contribution in [0.3, 0.4) is 0 Å². The van der Waals surface area contributed by atoms with Crippen LogP contribution in [-0.2, 0) is 0 Å². The summed E-state index contributed by atoms with van der Waals surface area (Å²) < 4.78 is 2.35. The zero-order valence-corrected chi connectivity index (χ0v) is 7.58. The fourth-order valence-electron chi connectivity index (χ4n) is 0.912. The van der Waals surface area contributed by atoms with Crippen LogP contribution in [0.1, 0.15) is 26.7 Å². The van der Waals surface area contributed by atoms with Gasteiger partial charge in [0, 0.05) is 12.1 Å². The summed E-state index contributed by atoms with van der Waals surface area (Å²) in [5.41, 5.74) is 0. The first-order valence-electron chi connectivity index (χ1n) is 3.35. The van der Waals surface area contributed by atoms with Crippen LogP contribution < -0.4 is 0 Å². The number of rotatable bonds is 3. The number of nitrogens with zero attached hydrogens (tertiary/aromatic N) is 1. The minimum absolute atomic E-state index is 0.639. The smallest absolute Gasteiger partial charge is 0.0214 e. The van der Waals surface area contributed by atoms with Crippen LogP contribution in [0.5, 0.6) is 0 Å². The fraction of sp³-hybridized carbons (Fsp3) is 1.00. The Kier molecular flexibility index (Phi) is 2.73. The predicted octanol–water partition coefficient (Wildman–Crippen LogP) is 2.35. The van der Waals surface area contributed by atoms with E-state index in [4.69, 9.17) is 0 Å². The zero-order chi connectivity index (χ0) is 6.85. The minimum Gasteiger partial charge on any atom is -0.236 e. The second-order valence-electron chi connectivity index (χ2n) is 2.77. The Morgan fingerprint density at radius 3 is 2.22 bits per heavy atom. The molecule has 0 aromatic rings. The van der Waals surface area contributed by atoms with E-state index in [1.807, 2.05) is 0 Å². The van der Waals surface area contributed by atoms with Crippen molar-refractivity contribution in [1.29, 1.82) is 0 Å². The molecule has 0 aromatic carbocycles. The summed E-state index contributed by atoms with van der Waals surface area (Å²) in [6, 6.07) is 1.47. The summed E-state index contributed by atoms with van der Waals surface area (Å²) in [6.45, 7) is 4.42. The van der Waals surface area contributed by atoms with Gasteiger partial charge in [-0.3, -0.25) is 0 Å². The summed E-state index contributed by atoms with van der Waals surface area (Å²) in [7, 11) is 1.58. The monoisotopic (exact) mass is 163 g/mol. The molecule has 0 saturated heterocycles. The van der Waals surface area contributed by atoms with Gasteiger partial charge >= 0.3 is 0 Å². The molecular weight excluding hydrogens is 150 g/mol. The third-order valence-electron chi connectivity index (χ3n) is 1.51. The second-order valence-corrected chi connectivity index (χ2v) is 3.84. The van der Waals surface area contributed by atoms with Crippen LogP contribution in [0, 0.1) is 0 Å². The van der Waals surface area contributed by atoms with Gasteiger partial charge in [-0.2, -0.15) is 0 Å². The van der Waals surface area contributed by atoms with Gasteiger partial charge in [-0.05, 0) is 37.7 Å². The van der Waals surface area contributed by atoms with Crippen molar-refractivity contribution < 1.29 is 0 Å². The molecule has 1 aliphatic carbocycles. The molecule has 0 aliphatic heterocycles. The van der Waals surface area contributed by atoms with Crippen molar-refractivity contribution in [1.82, 2.24) is 4.31 Å². The van der Waals surface area contributed by atoms with Gasteiger partial charge in [0.15, 0.2) is 0 Å². The van der Waals surface area contributed by atoms with Gasteiger partial charge < -0.3 is 0 Å². The van der Waals surface area contributed by atoms with Crippen LogP contribution >= 0.6 is 22.6 Å². The topological polar surface area (TPSA) is 3.24 Å². The molecule has 3 heteroatoms. The Bertz CT molecular complexity index is 89.1.